The van der Waals surface area contributed by atoms with Gasteiger partial charge in [-0.05, 0) is 71.8 Å². The van der Waals surface area contributed by atoms with Crippen LogP contribution in [0.1, 0.15) is 41.8 Å². The van der Waals surface area contributed by atoms with Crippen LogP contribution in [0.4, 0.5) is 0 Å². The van der Waals surface area contributed by atoms with Gasteiger partial charge in [0.2, 0.25) is 0 Å². The van der Waals surface area contributed by atoms with Crippen molar-refractivity contribution in [1.29, 1.82) is 0 Å². The summed E-state index contributed by atoms with van der Waals surface area (Å²) in [5.74, 6) is -0.177. The molecule has 0 saturated heterocycles. The summed E-state index contributed by atoms with van der Waals surface area (Å²) in [6, 6.07) is 2.45. The lowest BCUT2D eigenvalue weighted by atomic mass is 9.97. The standard InChI is InChI=1S/C21H21BrN4O4S/c1-11(19(28)25-24-9-12-7-14(22)18(27)15(8-12)30-2)26-10-23-20-17(21(26)29)13-5-3-4-6-16(13)31-20/h7-11,27H,3-6H2,1-2H3,(H,25,28)/b24-9+. The molecule has 0 fully saturated rings. The van der Waals surface area contributed by atoms with Crippen LogP contribution >= 0.6 is 27.3 Å². The van der Waals surface area contributed by atoms with E-state index in [0.717, 1.165) is 36.1 Å². The van der Waals surface area contributed by atoms with Crippen LogP contribution in [0.25, 0.3) is 10.2 Å². The summed E-state index contributed by atoms with van der Waals surface area (Å²) in [6.07, 6.45) is 6.93. The first kappa shape index (κ1) is 21.5. The summed E-state index contributed by atoms with van der Waals surface area (Å²) in [5, 5.41) is 14.5. The lowest BCUT2D eigenvalue weighted by molar-refractivity contribution is -0.123. The largest absolute Gasteiger partial charge is 0.503 e. The number of phenolic OH excluding ortho intramolecular Hbond substituents is 1. The number of nitrogens with one attached hydrogen (secondary N) is 1. The van der Waals surface area contributed by atoms with Crippen molar-refractivity contribution in [1.82, 2.24) is 15.0 Å². The number of carbonyl (C=O) groups is 1. The molecule has 0 aliphatic heterocycles. The van der Waals surface area contributed by atoms with Crippen LogP contribution in [0, 0.1) is 0 Å². The number of hydrazone groups is 1. The molecule has 1 aliphatic carbocycles. The SMILES string of the molecule is COc1cc(/C=N/NC(=O)C(C)n2cnc3sc4c(c3c2=O)CCCC4)cc(Br)c1O. The molecule has 1 unspecified atom stereocenters. The van der Waals surface area contributed by atoms with Crippen molar-refractivity contribution in [3.63, 3.8) is 0 Å². The highest BCUT2D eigenvalue weighted by atomic mass is 79.9. The third kappa shape index (κ3) is 4.09. The van der Waals surface area contributed by atoms with Gasteiger partial charge in [0.1, 0.15) is 10.9 Å². The molecule has 2 N–H and O–H groups in total. The molecule has 31 heavy (non-hydrogen) atoms. The van der Waals surface area contributed by atoms with Crippen LogP contribution in [-0.2, 0) is 17.6 Å². The van der Waals surface area contributed by atoms with Crippen molar-refractivity contribution in [2.75, 3.05) is 7.11 Å². The van der Waals surface area contributed by atoms with Crippen molar-refractivity contribution >= 4 is 49.6 Å². The van der Waals surface area contributed by atoms with Crippen molar-refractivity contribution in [2.24, 2.45) is 5.10 Å². The Morgan fingerprint density at radius 1 is 1.42 bits per heavy atom. The Bertz CT molecular complexity index is 1250. The zero-order valence-corrected chi connectivity index (χ0v) is 19.4. The molecule has 3 aromatic rings. The van der Waals surface area contributed by atoms with Crippen molar-refractivity contribution in [3.8, 4) is 11.5 Å². The fourth-order valence-electron chi connectivity index (χ4n) is 3.65. The number of ether oxygens (including phenoxy) is 1. The van der Waals surface area contributed by atoms with Gasteiger partial charge < -0.3 is 9.84 Å². The predicted molar refractivity (Wildman–Crippen MR) is 123 cm³/mol. The maximum atomic E-state index is 13.1. The van der Waals surface area contributed by atoms with Gasteiger partial charge in [-0.1, -0.05) is 0 Å². The van der Waals surface area contributed by atoms with Crippen LogP contribution in [0.15, 0.2) is 32.8 Å². The topological polar surface area (TPSA) is 106 Å². The van der Waals surface area contributed by atoms with E-state index in [-0.39, 0.29) is 17.1 Å². The first-order valence-electron chi connectivity index (χ1n) is 9.81. The van der Waals surface area contributed by atoms with Gasteiger partial charge >= 0.3 is 0 Å². The molecule has 4 rings (SSSR count). The molecule has 2 heterocycles. The van der Waals surface area contributed by atoms with Crippen LogP contribution in [0.5, 0.6) is 11.5 Å². The normalized spacial score (nSPS) is 14.5. The minimum absolute atomic E-state index is 0.0183. The van der Waals surface area contributed by atoms with Crippen molar-refractivity contribution in [3.05, 3.63) is 49.3 Å². The number of phenols is 1. The average Bonchev–Trinajstić information content (AvgIpc) is 3.15. The van der Waals surface area contributed by atoms with Crippen LogP contribution < -0.4 is 15.7 Å². The number of carbonyl (C=O) groups excluding carboxylic acids is 1. The molecule has 10 heteroatoms. The number of halogens is 1. The minimum Gasteiger partial charge on any atom is -0.503 e. The van der Waals surface area contributed by atoms with Gasteiger partial charge in [0.05, 0.1) is 29.5 Å². The smallest absolute Gasteiger partial charge is 0.263 e. The Morgan fingerprint density at radius 3 is 2.97 bits per heavy atom. The molecule has 1 atom stereocenters. The molecule has 162 valence electrons. The van der Waals surface area contributed by atoms with Crippen LogP contribution in [-0.4, -0.2) is 33.9 Å². The zero-order valence-electron chi connectivity index (χ0n) is 17.0. The van der Waals surface area contributed by atoms with Crippen LogP contribution in [0.2, 0.25) is 0 Å². The average molecular weight is 505 g/mol. The summed E-state index contributed by atoms with van der Waals surface area (Å²) in [6.45, 7) is 1.64. The van der Waals surface area contributed by atoms with E-state index in [0.29, 0.717) is 15.4 Å². The van der Waals surface area contributed by atoms with Crippen LogP contribution in [0.3, 0.4) is 0 Å². The molecule has 0 radical (unpaired) electrons. The Morgan fingerprint density at radius 2 is 2.19 bits per heavy atom. The maximum absolute atomic E-state index is 13.1. The Hall–Kier alpha value is -2.72. The van der Waals surface area contributed by atoms with E-state index in [9.17, 15) is 14.7 Å². The number of aryl methyl sites for hydroxylation is 2. The van der Waals surface area contributed by atoms with E-state index in [4.69, 9.17) is 4.74 Å². The number of hydrogen-bond acceptors (Lipinski definition) is 7. The maximum Gasteiger partial charge on any atom is 0.263 e. The van der Waals surface area contributed by atoms with Gasteiger partial charge in [-0.15, -0.1) is 11.3 Å². The molecule has 0 bridgehead atoms. The number of fused-ring (bicyclic) bond motifs is 3. The summed E-state index contributed by atoms with van der Waals surface area (Å²) in [7, 11) is 1.44. The van der Waals surface area contributed by atoms with Gasteiger partial charge in [0.15, 0.2) is 11.5 Å². The third-order valence-electron chi connectivity index (χ3n) is 5.36. The number of hydrogen-bond donors (Lipinski definition) is 2. The second kappa shape index (κ2) is 8.80. The number of rotatable bonds is 5. The monoisotopic (exact) mass is 504 g/mol. The number of amides is 1. The van der Waals surface area contributed by atoms with E-state index >= 15 is 0 Å². The van der Waals surface area contributed by atoms with Crippen molar-refractivity contribution in [2.45, 2.75) is 38.6 Å². The molecule has 1 aliphatic rings. The lowest BCUT2D eigenvalue weighted by Crippen LogP contribution is -2.34. The van der Waals surface area contributed by atoms with Gasteiger partial charge in [-0.3, -0.25) is 14.2 Å². The molecule has 1 amide bonds. The summed E-state index contributed by atoms with van der Waals surface area (Å²) >= 11 is 4.82. The summed E-state index contributed by atoms with van der Waals surface area (Å²) < 4.78 is 6.90. The predicted octanol–water partition coefficient (Wildman–Crippen LogP) is 3.52. The highest BCUT2D eigenvalue weighted by molar-refractivity contribution is 9.10. The molecular formula is C21H21BrN4O4S. The first-order valence-corrected chi connectivity index (χ1v) is 11.4. The van der Waals surface area contributed by atoms with Gasteiger partial charge in [-0.2, -0.15) is 5.10 Å². The number of nitrogens with zero attached hydrogens (tertiary/aromatic N) is 3. The van der Waals surface area contributed by atoms with E-state index in [2.05, 4.69) is 31.4 Å². The lowest BCUT2D eigenvalue weighted by Gasteiger charge is -2.14. The second-order valence-corrected chi connectivity index (χ2v) is 9.25. The molecule has 2 aromatic heterocycles. The fourth-order valence-corrected chi connectivity index (χ4v) is 5.33. The highest BCUT2D eigenvalue weighted by Crippen LogP contribution is 2.35. The third-order valence-corrected chi connectivity index (χ3v) is 7.16. The van der Waals surface area contributed by atoms with Gasteiger partial charge in [0.25, 0.3) is 11.5 Å². The fraction of sp³-hybridized carbons (Fsp3) is 0.333. The molecular weight excluding hydrogens is 484 g/mol. The number of benzene rings is 1. The number of methoxy groups -OCH3 is 1. The van der Waals surface area contributed by atoms with E-state index in [1.165, 1.54) is 29.1 Å². The Kier molecular flexibility index (Phi) is 6.10. The second-order valence-electron chi connectivity index (χ2n) is 7.31. The zero-order chi connectivity index (χ0) is 22.1. The van der Waals surface area contributed by atoms with E-state index in [1.54, 1.807) is 30.4 Å². The minimum atomic E-state index is -0.776. The van der Waals surface area contributed by atoms with Crippen molar-refractivity contribution < 1.29 is 14.6 Å². The molecule has 8 nitrogen and oxygen atoms in total. The first-order chi connectivity index (χ1) is 14.9. The summed E-state index contributed by atoms with van der Waals surface area (Å²) in [5.41, 5.74) is 3.97. The van der Waals surface area contributed by atoms with Gasteiger partial charge in [-0.25, -0.2) is 10.4 Å². The summed E-state index contributed by atoms with van der Waals surface area (Å²) in [4.78, 5) is 32.1. The Labute approximate surface area is 190 Å². The molecule has 0 saturated carbocycles. The number of aromatic hydroxyl groups is 1. The van der Waals surface area contributed by atoms with Gasteiger partial charge in [0, 0.05) is 4.88 Å². The van der Waals surface area contributed by atoms with E-state index in [1.807, 2.05) is 0 Å². The highest BCUT2D eigenvalue weighted by Gasteiger charge is 2.23. The molecule has 0 spiro atoms. The number of aromatic nitrogens is 2. The van der Waals surface area contributed by atoms with E-state index < -0.39 is 11.9 Å². The quantitative estimate of drug-likeness (QED) is 0.408. The number of thiophene rings is 1. The molecule has 1 aromatic carbocycles. The Balaban J connectivity index is 1.54.